The second-order valence-electron chi connectivity index (χ2n) is 7.45. The predicted molar refractivity (Wildman–Crippen MR) is 123 cm³/mol. The zero-order valence-electron chi connectivity index (χ0n) is 17.4. The van der Waals surface area contributed by atoms with Crippen LogP contribution in [0.2, 0.25) is 0 Å². The molecule has 0 bridgehead atoms. The number of hydrogen-bond acceptors (Lipinski definition) is 4. The molecule has 1 aliphatic heterocycles. The Balaban J connectivity index is 0.00000450. The molecule has 0 radical (unpaired) electrons. The van der Waals surface area contributed by atoms with E-state index < -0.39 is 22.6 Å². The van der Waals surface area contributed by atoms with Gasteiger partial charge in [-0.05, 0) is 49.9 Å². The fourth-order valence-corrected chi connectivity index (χ4v) is 4.41. The first-order valence-electron chi connectivity index (χ1n) is 9.59. The third-order valence-electron chi connectivity index (χ3n) is 4.73. The van der Waals surface area contributed by atoms with Crippen molar-refractivity contribution in [1.29, 1.82) is 0 Å². The average molecular weight is 562 g/mol. The average Bonchev–Trinajstić information content (AvgIpc) is 3.01. The third-order valence-corrected chi connectivity index (χ3v) is 5.99. The number of nitrogens with zero attached hydrogens (tertiary/aromatic N) is 2. The van der Waals surface area contributed by atoms with Crippen molar-refractivity contribution in [2.24, 2.45) is 10.9 Å². The fourth-order valence-electron chi connectivity index (χ4n) is 3.46. The molecule has 0 aliphatic carbocycles. The lowest BCUT2D eigenvalue weighted by Gasteiger charge is -2.18. The van der Waals surface area contributed by atoms with Gasteiger partial charge in [0.2, 0.25) is 0 Å². The van der Waals surface area contributed by atoms with Crippen LogP contribution in [-0.2, 0) is 16.4 Å². The van der Waals surface area contributed by atoms with E-state index in [0.29, 0.717) is 55.6 Å². The van der Waals surface area contributed by atoms with Crippen molar-refractivity contribution in [3.63, 3.8) is 0 Å². The van der Waals surface area contributed by atoms with Crippen molar-refractivity contribution in [2.75, 3.05) is 39.0 Å². The highest BCUT2D eigenvalue weighted by Gasteiger charge is 2.34. The van der Waals surface area contributed by atoms with E-state index in [1.165, 1.54) is 11.2 Å². The number of nitrogens with one attached hydrogen (secondary N) is 2. The Morgan fingerprint density at radius 3 is 2.57 bits per heavy atom. The molecular weight excluding hydrogens is 532 g/mol. The highest BCUT2D eigenvalue weighted by atomic mass is 127. The molecule has 0 spiro atoms. The van der Waals surface area contributed by atoms with Crippen LogP contribution in [-0.4, -0.2) is 64.4 Å². The van der Waals surface area contributed by atoms with Gasteiger partial charge in [-0.3, -0.25) is 4.90 Å². The molecule has 11 heteroatoms. The predicted octanol–water partition coefficient (Wildman–Crippen LogP) is 2.96. The summed E-state index contributed by atoms with van der Waals surface area (Å²) in [7, 11) is -3.26. The number of rotatable bonds is 7. The van der Waals surface area contributed by atoms with Crippen molar-refractivity contribution < 1.29 is 21.6 Å². The Morgan fingerprint density at radius 2 is 2.00 bits per heavy atom. The highest BCUT2D eigenvalue weighted by molar-refractivity contribution is 14.0. The van der Waals surface area contributed by atoms with Crippen LogP contribution < -0.4 is 10.6 Å². The Bertz CT molecular complexity index is 832. The maximum absolute atomic E-state index is 12.5. The maximum Gasteiger partial charge on any atom is 0.401 e. The molecule has 30 heavy (non-hydrogen) atoms. The monoisotopic (exact) mass is 562 g/mol. The molecule has 1 atom stereocenters. The van der Waals surface area contributed by atoms with Crippen LogP contribution in [0.1, 0.15) is 24.5 Å². The van der Waals surface area contributed by atoms with Crippen LogP contribution in [0.25, 0.3) is 0 Å². The number of halogens is 4. The zero-order valence-corrected chi connectivity index (χ0v) is 20.6. The third kappa shape index (κ3) is 8.96. The molecular formula is C19H30F3IN4O2S. The molecule has 172 valence electrons. The van der Waals surface area contributed by atoms with Gasteiger partial charge in [0.1, 0.15) is 0 Å². The van der Waals surface area contributed by atoms with Crippen molar-refractivity contribution in [1.82, 2.24) is 15.5 Å². The van der Waals surface area contributed by atoms with Crippen LogP contribution in [0.4, 0.5) is 13.2 Å². The number of benzene rings is 1. The Labute approximate surface area is 193 Å². The van der Waals surface area contributed by atoms with E-state index in [4.69, 9.17) is 0 Å². The molecule has 1 aromatic carbocycles. The van der Waals surface area contributed by atoms with Crippen LogP contribution >= 0.6 is 24.0 Å². The summed E-state index contributed by atoms with van der Waals surface area (Å²) < 4.78 is 61.0. The van der Waals surface area contributed by atoms with E-state index in [-0.39, 0.29) is 29.9 Å². The van der Waals surface area contributed by atoms with Gasteiger partial charge in [-0.15, -0.1) is 24.0 Å². The molecule has 1 aromatic rings. The van der Waals surface area contributed by atoms with E-state index in [2.05, 4.69) is 15.6 Å². The van der Waals surface area contributed by atoms with E-state index in [1.807, 2.05) is 6.92 Å². The number of aliphatic imine (C=N–C) groups is 1. The summed E-state index contributed by atoms with van der Waals surface area (Å²) in [6.45, 7) is 5.26. The van der Waals surface area contributed by atoms with Gasteiger partial charge < -0.3 is 10.6 Å². The van der Waals surface area contributed by atoms with E-state index in [0.717, 1.165) is 5.56 Å². The summed E-state index contributed by atoms with van der Waals surface area (Å²) in [5.74, 6) is 0.726. The van der Waals surface area contributed by atoms with Gasteiger partial charge in [-0.25, -0.2) is 13.4 Å². The topological polar surface area (TPSA) is 73.8 Å². The zero-order chi connectivity index (χ0) is 21.7. The quantitative estimate of drug-likeness (QED) is 0.304. The molecule has 1 aliphatic rings. The lowest BCUT2D eigenvalue weighted by Crippen LogP contribution is -2.40. The molecule has 1 saturated heterocycles. The lowest BCUT2D eigenvalue weighted by atomic mass is 10.1. The summed E-state index contributed by atoms with van der Waals surface area (Å²) in [4.78, 5) is 6.25. The number of sulfone groups is 1. The Morgan fingerprint density at radius 1 is 1.30 bits per heavy atom. The maximum atomic E-state index is 12.5. The standard InChI is InChI=1S/C19H29F3N4O2S.HI/c1-4-23-18(25-11-16-7-8-26(12-16)13-19(20,21)22)24-10-15-5-6-17(14(2)9-15)29(3,27)28;/h5-6,9,16H,4,7-8,10-13H2,1-3H3,(H2,23,24,25);1H. The summed E-state index contributed by atoms with van der Waals surface area (Å²) in [6, 6.07) is 5.13. The van der Waals surface area contributed by atoms with Gasteiger partial charge in [0.15, 0.2) is 15.8 Å². The molecule has 6 nitrogen and oxygen atoms in total. The first-order valence-corrected chi connectivity index (χ1v) is 11.5. The van der Waals surface area contributed by atoms with Gasteiger partial charge in [-0.2, -0.15) is 13.2 Å². The molecule has 2 rings (SSSR count). The summed E-state index contributed by atoms with van der Waals surface area (Å²) in [5, 5.41) is 6.33. The van der Waals surface area contributed by atoms with Crippen molar-refractivity contribution >= 4 is 39.8 Å². The van der Waals surface area contributed by atoms with Gasteiger partial charge in [0.05, 0.1) is 18.0 Å². The van der Waals surface area contributed by atoms with Crippen LogP contribution in [0.15, 0.2) is 28.1 Å². The molecule has 1 fully saturated rings. The Hall–Kier alpha value is -1.08. The normalized spacial score (nSPS) is 18.2. The van der Waals surface area contributed by atoms with E-state index in [9.17, 15) is 21.6 Å². The van der Waals surface area contributed by atoms with Crippen molar-refractivity contribution in [3.8, 4) is 0 Å². The van der Waals surface area contributed by atoms with Crippen LogP contribution in [0.5, 0.6) is 0 Å². The fraction of sp³-hybridized carbons (Fsp3) is 0.632. The number of likely N-dealkylation sites (tertiary alicyclic amines) is 1. The SMILES string of the molecule is CCNC(=NCc1ccc(S(C)(=O)=O)c(C)c1)NCC1CCN(CC(F)(F)F)C1.I. The summed E-state index contributed by atoms with van der Waals surface area (Å²) in [5.41, 5.74) is 1.55. The van der Waals surface area contributed by atoms with E-state index in [1.54, 1.807) is 25.1 Å². The minimum Gasteiger partial charge on any atom is -0.357 e. The minimum atomic E-state index is -4.16. The van der Waals surface area contributed by atoms with Gasteiger partial charge in [0.25, 0.3) is 0 Å². The molecule has 2 N–H and O–H groups in total. The van der Waals surface area contributed by atoms with Crippen molar-refractivity contribution in [3.05, 3.63) is 29.3 Å². The summed E-state index contributed by atoms with van der Waals surface area (Å²) >= 11 is 0. The number of aryl methyl sites for hydroxylation is 1. The van der Waals surface area contributed by atoms with E-state index >= 15 is 0 Å². The van der Waals surface area contributed by atoms with Crippen molar-refractivity contribution in [2.45, 2.75) is 37.9 Å². The molecule has 1 heterocycles. The number of hydrogen-bond donors (Lipinski definition) is 2. The second kappa shape index (κ2) is 11.5. The number of guanidine groups is 1. The van der Waals surface area contributed by atoms with Crippen LogP contribution in [0.3, 0.4) is 0 Å². The molecule has 1 unspecified atom stereocenters. The Kier molecular flexibility index (Phi) is 10.3. The highest BCUT2D eigenvalue weighted by Crippen LogP contribution is 2.22. The van der Waals surface area contributed by atoms with Gasteiger partial charge in [0, 0.05) is 25.9 Å². The first kappa shape index (κ1) is 27.0. The van der Waals surface area contributed by atoms with Gasteiger partial charge in [-0.1, -0.05) is 12.1 Å². The molecule has 0 aromatic heterocycles. The smallest absolute Gasteiger partial charge is 0.357 e. The second-order valence-corrected chi connectivity index (χ2v) is 9.44. The van der Waals surface area contributed by atoms with Crippen LogP contribution in [0, 0.1) is 12.8 Å². The first-order chi connectivity index (χ1) is 13.5. The van der Waals surface area contributed by atoms with Gasteiger partial charge >= 0.3 is 6.18 Å². The molecule has 0 amide bonds. The lowest BCUT2D eigenvalue weighted by molar-refractivity contribution is -0.143. The minimum absolute atomic E-state index is 0. The largest absolute Gasteiger partial charge is 0.401 e. The molecule has 0 saturated carbocycles. The number of alkyl halides is 3. The summed E-state index contributed by atoms with van der Waals surface area (Å²) in [6.07, 6.45) is -2.27.